The second-order valence-corrected chi connectivity index (χ2v) is 4.75. The second kappa shape index (κ2) is 6.62. The molecule has 0 aliphatic carbocycles. The normalized spacial score (nSPS) is 21.0. The van der Waals surface area contributed by atoms with E-state index in [0.717, 1.165) is 45.7 Å². The molecule has 1 saturated heterocycles. The second-order valence-electron chi connectivity index (χ2n) is 3.73. The Morgan fingerprint density at radius 1 is 1.07 bits per heavy atom. The zero-order valence-corrected chi connectivity index (χ0v) is 9.69. The average Bonchev–Trinajstić information content (AvgIpc) is 2.06. The molecule has 0 unspecified atom stereocenters. The van der Waals surface area contributed by atoms with Gasteiger partial charge in [-0.05, 0) is 12.8 Å². The fraction of sp³-hybridized carbons (Fsp3) is 1.00. The minimum Gasteiger partial charge on any atom is -0.192 e. The fourth-order valence-corrected chi connectivity index (χ4v) is 1.65. The molecule has 3 nitrogen and oxygen atoms in total. The minimum absolute atomic E-state index is 0.0420. The zero-order chi connectivity index (χ0) is 11.1. The molecule has 0 aromatic carbocycles. The minimum atomic E-state index is -2.91. The molecule has 6 heteroatoms. The van der Waals surface area contributed by atoms with Crippen LogP contribution in [0.15, 0.2) is 0 Å². The number of alkyl halides is 2. The summed E-state index contributed by atoms with van der Waals surface area (Å²) in [5.41, 5.74) is 0. The highest BCUT2D eigenvalue weighted by molar-refractivity contribution is 7.95. The Bertz CT molecular complexity index is 170. The first kappa shape index (κ1) is 13.2. The predicted molar refractivity (Wildman–Crippen MR) is 55.0 cm³/mol. The number of rotatable bonds is 4. The number of hydrogen-bond donors (Lipinski definition) is 0. The first-order valence-corrected chi connectivity index (χ1v) is 5.97. The Morgan fingerprint density at radius 3 is 2.13 bits per heavy atom. The van der Waals surface area contributed by atoms with E-state index in [9.17, 15) is 8.78 Å². The first-order chi connectivity index (χ1) is 7.08. The standard InChI is InChI=1S/C9H17F2NO2S/c1-9(10,11)15-14-13-12-7-5-3-2-4-6-8-12/h2-8H2,1H3. The Balaban J connectivity index is 2.12. The van der Waals surface area contributed by atoms with Crippen molar-refractivity contribution in [2.75, 3.05) is 13.1 Å². The van der Waals surface area contributed by atoms with Crippen molar-refractivity contribution in [3.63, 3.8) is 0 Å². The fourth-order valence-electron chi connectivity index (χ4n) is 1.41. The number of hydrogen-bond acceptors (Lipinski definition) is 4. The van der Waals surface area contributed by atoms with Gasteiger partial charge in [0.25, 0.3) is 0 Å². The molecule has 1 aliphatic heterocycles. The van der Waals surface area contributed by atoms with E-state index in [1.54, 1.807) is 5.06 Å². The summed E-state index contributed by atoms with van der Waals surface area (Å²) in [6.45, 7) is 2.26. The molecular weight excluding hydrogens is 224 g/mol. The van der Waals surface area contributed by atoms with Crippen molar-refractivity contribution < 1.29 is 18.1 Å². The third kappa shape index (κ3) is 7.05. The van der Waals surface area contributed by atoms with E-state index in [-0.39, 0.29) is 12.0 Å². The molecule has 0 radical (unpaired) electrons. The lowest BCUT2D eigenvalue weighted by Gasteiger charge is -2.21. The maximum atomic E-state index is 12.4. The van der Waals surface area contributed by atoms with Crippen LogP contribution in [0.2, 0.25) is 0 Å². The highest BCUT2D eigenvalue weighted by Crippen LogP contribution is 2.29. The summed E-state index contributed by atoms with van der Waals surface area (Å²) in [5, 5.41) is -1.30. The van der Waals surface area contributed by atoms with Crippen LogP contribution in [0.5, 0.6) is 0 Å². The van der Waals surface area contributed by atoms with E-state index in [1.807, 2.05) is 0 Å². The van der Waals surface area contributed by atoms with E-state index < -0.39 is 5.25 Å². The summed E-state index contributed by atoms with van der Waals surface area (Å²) < 4.78 is 29.1. The van der Waals surface area contributed by atoms with Crippen LogP contribution in [0.4, 0.5) is 8.78 Å². The zero-order valence-electron chi connectivity index (χ0n) is 8.88. The molecule has 0 spiro atoms. The van der Waals surface area contributed by atoms with Crippen LogP contribution in [0.3, 0.4) is 0 Å². The van der Waals surface area contributed by atoms with Gasteiger partial charge in [0, 0.05) is 20.0 Å². The lowest BCUT2D eigenvalue weighted by atomic mass is 10.1. The van der Waals surface area contributed by atoms with Gasteiger partial charge in [0.15, 0.2) is 0 Å². The Hall–Kier alpha value is 0.0900. The summed E-state index contributed by atoms with van der Waals surface area (Å²) in [6.07, 6.45) is 5.62. The molecule has 1 fully saturated rings. The smallest absolute Gasteiger partial charge is 0.192 e. The molecule has 0 bridgehead atoms. The van der Waals surface area contributed by atoms with Crippen LogP contribution in [0.25, 0.3) is 0 Å². The quantitative estimate of drug-likeness (QED) is 0.427. The summed E-state index contributed by atoms with van der Waals surface area (Å²) in [4.78, 5) is 4.81. The molecule has 0 aromatic rings. The van der Waals surface area contributed by atoms with Crippen molar-refractivity contribution in [3.05, 3.63) is 0 Å². The van der Waals surface area contributed by atoms with Crippen molar-refractivity contribution in [1.82, 2.24) is 5.06 Å². The SMILES string of the molecule is CC(F)(F)SOON1CCCCCCC1. The molecular formula is C9H17F2NO2S. The Kier molecular flexibility index (Phi) is 5.81. The lowest BCUT2D eigenvalue weighted by molar-refractivity contribution is -0.362. The van der Waals surface area contributed by atoms with Crippen molar-refractivity contribution >= 4 is 12.0 Å². The maximum absolute atomic E-state index is 12.4. The van der Waals surface area contributed by atoms with Gasteiger partial charge in [-0.25, -0.2) is 0 Å². The van der Waals surface area contributed by atoms with Crippen molar-refractivity contribution in [3.8, 4) is 0 Å². The average molecular weight is 241 g/mol. The third-order valence-electron chi connectivity index (χ3n) is 2.13. The van der Waals surface area contributed by atoms with Crippen LogP contribution in [-0.2, 0) is 9.32 Å². The molecule has 1 heterocycles. The van der Waals surface area contributed by atoms with E-state index in [4.69, 9.17) is 4.99 Å². The Morgan fingerprint density at radius 2 is 1.60 bits per heavy atom. The molecule has 1 rings (SSSR count). The molecule has 0 amide bonds. The largest absolute Gasteiger partial charge is 0.318 e. The number of hydroxylamine groups is 2. The van der Waals surface area contributed by atoms with Crippen molar-refractivity contribution in [2.24, 2.45) is 0 Å². The van der Waals surface area contributed by atoms with E-state index in [2.05, 4.69) is 4.33 Å². The summed E-state index contributed by atoms with van der Waals surface area (Å²) >= 11 is 0.0420. The molecule has 0 aromatic heterocycles. The third-order valence-corrected chi connectivity index (χ3v) is 2.55. The first-order valence-electron chi connectivity index (χ1n) is 5.23. The number of nitrogens with zero attached hydrogens (tertiary/aromatic N) is 1. The highest BCUT2D eigenvalue weighted by Gasteiger charge is 2.24. The molecule has 15 heavy (non-hydrogen) atoms. The van der Waals surface area contributed by atoms with Gasteiger partial charge in [0.1, 0.15) is 12.0 Å². The van der Waals surface area contributed by atoms with Gasteiger partial charge in [-0.3, -0.25) is 0 Å². The number of halogens is 2. The van der Waals surface area contributed by atoms with Crippen molar-refractivity contribution in [1.29, 1.82) is 0 Å². The van der Waals surface area contributed by atoms with Gasteiger partial charge in [-0.1, -0.05) is 19.3 Å². The Labute approximate surface area is 93.2 Å². The van der Waals surface area contributed by atoms with Gasteiger partial charge in [-0.15, -0.1) is 9.32 Å². The summed E-state index contributed by atoms with van der Waals surface area (Å²) in [5.74, 6) is 0. The van der Waals surface area contributed by atoms with Gasteiger partial charge < -0.3 is 0 Å². The maximum Gasteiger partial charge on any atom is 0.318 e. The molecule has 0 N–H and O–H groups in total. The van der Waals surface area contributed by atoms with Gasteiger partial charge >= 0.3 is 5.25 Å². The summed E-state index contributed by atoms with van der Waals surface area (Å²) in [6, 6.07) is 0. The van der Waals surface area contributed by atoms with Crippen molar-refractivity contribution in [2.45, 2.75) is 44.3 Å². The van der Waals surface area contributed by atoms with E-state index in [0.29, 0.717) is 0 Å². The van der Waals surface area contributed by atoms with Gasteiger partial charge in [0.2, 0.25) is 0 Å². The monoisotopic (exact) mass is 241 g/mol. The summed E-state index contributed by atoms with van der Waals surface area (Å²) in [7, 11) is 0. The van der Waals surface area contributed by atoms with Crippen LogP contribution < -0.4 is 0 Å². The van der Waals surface area contributed by atoms with Crippen LogP contribution in [-0.4, -0.2) is 23.4 Å². The topological polar surface area (TPSA) is 21.7 Å². The molecule has 0 atom stereocenters. The van der Waals surface area contributed by atoms with E-state index >= 15 is 0 Å². The predicted octanol–water partition coefficient (Wildman–Crippen LogP) is 3.38. The van der Waals surface area contributed by atoms with Gasteiger partial charge in [0.05, 0.1) is 0 Å². The van der Waals surface area contributed by atoms with Crippen LogP contribution in [0, 0.1) is 0 Å². The molecule has 1 aliphatic rings. The lowest BCUT2D eigenvalue weighted by Crippen LogP contribution is -2.27. The molecule has 90 valence electrons. The van der Waals surface area contributed by atoms with Crippen LogP contribution in [0.1, 0.15) is 39.0 Å². The van der Waals surface area contributed by atoms with Crippen LogP contribution >= 0.6 is 12.0 Å². The van der Waals surface area contributed by atoms with Gasteiger partial charge in [-0.2, -0.15) is 13.8 Å². The highest BCUT2D eigenvalue weighted by atomic mass is 32.2. The molecule has 0 saturated carbocycles. The van der Waals surface area contributed by atoms with E-state index in [1.165, 1.54) is 6.42 Å².